The van der Waals surface area contributed by atoms with Crippen molar-refractivity contribution in [1.82, 2.24) is 4.98 Å². The monoisotopic (exact) mass is 352 g/mol. The lowest BCUT2D eigenvalue weighted by Gasteiger charge is -2.13. The van der Waals surface area contributed by atoms with Gasteiger partial charge in [0, 0.05) is 29.5 Å². The molecule has 3 rings (SSSR count). The lowest BCUT2D eigenvalue weighted by Crippen LogP contribution is -2.31. The Kier molecular flexibility index (Phi) is 5.34. The van der Waals surface area contributed by atoms with Crippen LogP contribution in [0.3, 0.4) is 0 Å². The summed E-state index contributed by atoms with van der Waals surface area (Å²) in [5.74, 6) is 0.297. The number of rotatable bonds is 7. The molecule has 0 aliphatic heterocycles. The van der Waals surface area contributed by atoms with Gasteiger partial charge in [-0.05, 0) is 12.1 Å². The summed E-state index contributed by atoms with van der Waals surface area (Å²) in [4.78, 5) is 15.6. The van der Waals surface area contributed by atoms with E-state index < -0.39 is 12.0 Å². The van der Waals surface area contributed by atoms with Crippen molar-refractivity contribution < 1.29 is 19.4 Å². The lowest BCUT2D eigenvalue weighted by atomic mass is 10.1. The highest BCUT2D eigenvalue weighted by atomic mass is 16.5. The van der Waals surface area contributed by atoms with Crippen molar-refractivity contribution in [3.8, 4) is 22.8 Å². The SMILES string of the molecule is COc1ccc2c(OCC[C@H](N)C(=O)O)cc(-c3ccccc3)nc2c1. The number of carbonyl (C=O) groups is 1. The van der Waals surface area contributed by atoms with E-state index in [0.717, 1.165) is 22.2 Å². The predicted octanol–water partition coefficient (Wildman–Crippen LogP) is 3.09. The van der Waals surface area contributed by atoms with Crippen molar-refractivity contribution in [2.45, 2.75) is 12.5 Å². The summed E-state index contributed by atoms with van der Waals surface area (Å²) in [7, 11) is 1.60. The second-order valence-electron chi connectivity index (χ2n) is 5.84. The summed E-state index contributed by atoms with van der Waals surface area (Å²) in [6, 6.07) is 16.2. The Morgan fingerprint density at radius 3 is 2.65 bits per heavy atom. The molecule has 1 atom stereocenters. The summed E-state index contributed by atoms with van der Waals surface area (Å²) in [5.41, 5.74) is 8.01. The molecule has 0 saturated heterocycles. The Morgan fingerprint density at radius 2 is 1.96 bits per heavy atom. The first kappa shape index (κ1) is 17.7. The summed E-state index contributed by atoms with van der Waals surface area (Å²) in [6.45, 7) is 0.201. The summed E-state index contributed by atoms with van der Waals surface area (Å²) >= 11 is 0. The van der Waals surface area contributed by atoms with Gasteiger partial charge in [0.2, 0.25) is 0 Å². The second-order valence-corrected chi connectivity index (χ2v) is 5.84. The molecule has 6 heteroatoms. The van der Waals surface area contributed by atoms with E-state index in [1.54, 1.807) is 7.11 Å². The van der Waals surface area contributed by atoms with Crippen molar-refractivity contribution in [1.29, 1.82) is 0 Å². The smallest absolute Gasteiger partial charge is 0.320 e. The largest absolute Gasteiger partial charge is 0.497 e. The van der Waals surface area contributed by atoms with Gasteiger partial charge in [-0.1, -0.05) is 30.3 Å². The maximum absolute atomic E-state index is 10.9. The van der Waals surface area contributed by atoms with Crippen LogP contribution in [-0.2, 0) is 4.79 Å². The van der Waals surface area contributed by atoms with E-state index in [4.69, 9.17) is 25.3 Å². The summed E-state index contributed by atoms with van der Waals surface area (Å²) in [5, 5.41) is 9.73. The van der Waals surface area contributed by atoms with E-state index in [2.05, 4.69) is 0 Å². The van der Waals surface area contributed by atoms with Gasteiger partial charge < -0.3 is 20.3 Å². The molecule has 0 unspecified atom stereocenters. The van der Waals surface area contributed by atoms with Crippen LogP contribution < -0.4 is 15.2 Å². The molecule has 3 aromatic rings. The van der Waals surface area contributed by atoms with Gasteiger partial charge in [0.15, 0.2) is 0 Å². The summed E-state index contributed by atoms with van der Waals surface area (Å²) in [6.07, 6.45) is 0.218. The van der Waals surface area contributed by atoms with E-state index in [1.165, 1.54) is 0 Å². The molecule has 6 nitrogen and oxygen atoms in total. The lowest BCUT2D eigenvalue weighted by molar-refractivity contribution is -0.138. The van der Waals surface area contributed by atoms with Crippen LogP contribution >= 0.6 is 0 Å². The molecule has 3 N–H and O–H groups in total. The molecule has 0 aliphatic rings. The zero-order valence-electron chi connectivity index (χ0n) is 14.4. The van der Waals surface area contributed by atoms with Gasteiger partial charge in [-0.25, -0.2) is 4.98 Å². The molecule has 0 saturated carbocycles. The van der Waals surface area contributed by atoms with Crippen LogP contribution in [-0.4, -0.2) is 35.8 Å². The number of fused-ring (bicyclic) bond motifs is 1. The Hall–Kier alpha value is -3.12. The van der Waals surface area contributed by atoms with Crippen LogP contribution in [0.15, 0.2) is 54.6 Å². The third-order valence-electron chi connectivity index (χ3n) is 4.05. The van der Waals surface area contributed by atoms with Crippen molar-refractivity contribution in [3.05, 3.63) is 54.6 Å². The van der Waals surface area contributed by atoms with Crippen LogP contribution in [0, 0.1) is 0 Å². The van der Waals surface area contributed by atoms with Crippen molar-refractivity contribution >= 4 is 16.9 Å². The van der Waals surface area contributed by atoms with E-state index in [-0.39, 0.29) is 13.0 Å². The van der Waals surface area contributed by atoms with E-state index in [1.807, 2.05) is 54.6 Å². The number of carboxylic acids is 1. The van der Waals surface area contributed by atoms with Crippen molar-refractivity contribution in [3.63, 3.8) is 0 Å². The molecule has 0 radical (unpaired) electrons. The Labute approximate surface area is 151 Å². The standard InChI is InChI=1S/C20H20N2O4/c1-25-14-7-8-15-18(11-14)22-17(13-5-3-2-4-6-13)12-19(15)26-10-9-16(21)20(23)24/h2-8,11-12,16H,9-10,21H2,1H3,(H,23,24)/t16-/m0/s1. The molecule has 0 aliphatic carbocycles. The first-order valence-electron chi connectivity index (χ1n) is 8.24. The number of methoxy groups -OCH3 is 1. The van der Waals surface area contributed by atoms with Gasteiger partial charge >= 0.3 is 5.97 Å². The topological polar surface area (TPSA) is 94.7 Å². The molecular weight excluding hydrogens is 332 g/mol. The van der Waals surface area contributed by atoms with E-state index in [0.29, 0.717) is 11.5 Å². The van der Waals surface area contributed by atoms with Gasteiger partial charge in [-0.2, -0.15) is 0 Å². The highest BCUT2D eigenvalue weighted by molar-refractivity contribution is 5.89. The normalized spacial score (nSPS) is 11.9. The molecule has 134 valence electrons. The number of ether oxygens (including phenoxy) is 2. The number of carboxylic acid groups (broad SMARTS) is 1. The average molecular weight is 352 g/mol. The minimum atomic E-state index is -1.04. The van der Waals surface area contributed by atoms with Gasteiger partial charge in [0.1, 0.15) is 17.5 Å². The predicted molar refractivity (Wildman–Crippen MR) is 99.5 cm³/mol. The number of aromatic nitrogens is 1. The number of nitrogens with two attached hydrogens (primary N) is 1. The average Bonchev–Trinajstić information content (AvgIpc) is 2.67. The summed E-state index contributed by atoms with van der Waals surface area (Å²) < 4.78 is 11.1. The van der Waals surface area contributed by atoms with Crippen LogP contribution in [0.25, 0.3) is 22.2 Å². The number of nitrogens with zero attached hydrogens (tertiary/aromatic N) is 1. The Morgan fingerprint density at radius 1 is 1.19 bits per heavy atom. The van der Waals surface area contributed by atoms with E-state index >= 15 is 0 Å². The maximum Gasteiger partial charge on any atom is 0.320 e. The number of hydrogen-bond donors (Lipinski definition) is 2. The molecule has 26 heavy (non-hydrogen) atoms. The van der Waals surface area contributed by atoms with Crippen LogP contribution in [0.1, 0.15) is 6.42 Å². The molecular formula is C20H20N2O4. The zero-order valence-corrected chi connectivity index (χ0v) is 14.4. The number of aliphatic carboxylic acids is 1. The van der Waals surface area contributed by atoms with Crippen molar-refractivity contribution in [2.75, 3.05) is 13.7 Å². The molecule has 1 heterocycles. The van der Waals surface area contributed by atoms with Gasteiger partial charge in [0.05, 0.1) is 24.9 Å². The third-order valence-corrected chi connectivity index (χ3v) is 4.05. The van der Waals surface area contributed by atoms with Crippen molar-refractivity contribution in [2.24, 2.45) is 5.73 Å². The van der Waals surface area contributed by atoms with Gasteiger partial charge in [0.25, 0.3) is 0 Å². The van der Waals surface area contributed by atoms with Gasteiger partial charge in [-0.15, -0.1) is 0 Å². The third kappa shape index (κ3) is 3.92. The quantitative estimate of drug-likeness (QED) is 0.678. The number of pyridine rings is 1. The molecule has 1 aromatic heterocycles. The van der Waals surface area contributed by atoms with Crippen LogP contribution in [0.2, 0.25) is 0 Å². The first-order chi connectivity index (χ1) is 12.6. The van der Waals surface area contributed by atoms with Gasteiger partial charge in [-0.3, -0.25) is 4.79 Å². The number of benzene rings is 2. The molecule has 0 amide bonds. The Balaban J connectivity index is 1.97. The first-order valence-corrected chi connectivity index (χ1v) is 8.24. The second kappa shape index (κ2) is 7.84. The molecule has 0 spiro atoms. The highest BCUT2D eigenvalue weighted by Gasteiger charge is 2.13. The fourth-order valence-electron chi connectivity index (χ4n) is 2.60. The fraction of sp³-hybridized carbons (Fsp3) is 0.200. The van der Waals surface area contributed by atoms with E-state index in [9.17, 15) is 4.79 Å². The fourth-order valence-corrected chi connectivity index (χ4v) is 2.60. The Bertz CT molecular complexity index is 912. The zero-order chi connectivity index (χ0) is 18.5. The highest BCUT2D eigenvalue weighted by Crippen LogP contribution is 2.32. The maximum atomic E-state index is 10.9. The molecule has 0 bridgehead atoms. The van der Waals surface area contributed by atoms with Crippen LogP contribution in [0.5, 0.6) is 11.5 Å². The number of hydrogen-bond acceptors (Lipinski definition) is 5. The minimum Gasteiger partial charge on any atom is -0.497 e. The minimum absolute atomic E-state index is 0.201. The molecule has 0 fully saturated rings. The van der Waals surface area contributed by atoms with Crippen LogP contribution in [0.4, 0.5) is 0 Å². The molecule has 2 aromatic carbocycles.